The highest BCUT2D eigenvalue weighted by molar-refractivity contribution is 7.09. The van der Waals surface area contributed by atoms with E-state index in [1.807, 2.05) is 39.6 Å². The first-order valence-corrected chi connectivity index (χ1v) is 26.1. The predicted molar refractivity (Wildman–Crippen MR) is 268 cm³/mol. The minimum absolute atomic E-state index is 0.0268. The number of piperidine rings is 1. The number of likely N-dealkylation sites (tertiary alicyclic amines) is 1. The number of thiazole rings is 1. The molecule has 0 spiro atoms. The van der Waals surface area contributed by atoms with E-state index in [4.69, 9.17) is 34.2 Å². The van der Waals surface area contributed by atoms with Gasteiger partial charge in [-0.1, -0.05) is 65.6 Å². The Kier molecular flexibility index (Phi) is 25.9. The number of benzene rings is 1. The highest BCUT2D eigenvalue weighted by Crippen LogP contribution is 2.35. The van der Waals surface area contributed by atoms with Crippen molar-refractivity contribution in [1.29, 1.82) is 0 Å². The van der Waals surface area contributed by atoms with Gasteiger partial charge in [0.05, 0.1) is 51.6 Å². The lowest BCUT2D eigenvalue weighted by atomic mass is 9.79. The number of rotatable bonds is 30. The average molecular weight is 1020 g/mol. The van der Waals surface area contributed by atoms with E-state index in [9.17, 15) is 29.1 Å². The standard InChI is InChI=1S/C49H78N10O11S/c1-8-17-59(48(64)43(33(6)10-3)54-46(63)40-13-11-12-18-58(40)7)41(32(4)5)30-42(69-19-9-2)47-53-39(31-71-47)45(62)52-35-27-34-14-15-36(60)29-37(34)38(28-35)44(61)55-56-49(65)70-26-25-68-24-23-67-22-21-66-20-16-51-57-50/h14-15,29,31-33,35,38,40-43,60H,8-13,16-28,30H2,1-7H3,(H,52,62)(H,54,63)(H,55,61)(H,56,65)/t33-,35?,38+,40+,41+,42+,43-/m0/s1. The largest absolute Gasteiger partial charge is 0.508 e. The van der Waals surface area contributed by atoms with Crippen molar-refractivity contribution < 1.29 is 52.8 Å². The predicted octanol–water partition coefficient (Wildman–Crippen LogP) is 5.93. The molecule has 396 valence electrons. The molecule has 1 aliphatic carbocycles. The van der Waals surface area contributed by atoms with E-state index < -0.39 is 42.0 Å². The van der Waals surface area contributed by atoms with E-state index in [0.29, 0.717) is 69.4 Å². The number of aromatic hydroxyl groups is 1. The number of nitrogens with zero attached hydrogens (tertiary/aromatic N) is 6. The van der Waals surface area contributed by atoms with Gasteiger partial charge in [-0.15, -0.1) is 11.3 Å². The summed E-state index contributed by atoms with van der Waals surface area (Å²) in [6.07, 6.45) is 4.51. The molecule has 7 atom stereocenters. The lowest BCUT2D eigenvalue weighted by Gasteiger charge is -2.40. The smallest absolute Gasteiger partial charge is 0.426 e. The number of carbonyl (C=O) groups excluding carboxylic acids is 5. The van der Waals surface area contributed by atoms with E-state index >= 15 is 0 Å². The van der Waals surface area contributed by atoms with Gasteiger partial charge in [-0.05, 0) is 92.7 Å². The Hall–Kier alpha value is -5.09. The Balaban J connectivity index is 1.37. The molecule has 5 N–H and O–H groups in total. The van der Waals surface area contributed by atoms with Crippen LogP contribution in [0, 0.1) is 11.8 Å². The molecule has 2 aliphatic rings. The third-order valence-corrected chi connectivity index (χ3v) is 13.7. The molecule has 1 aromatic heterocycles. The Morgan fingerprint density at radius 1 is 0.958 bits per heavy atom. The van der Waals surface area contributed by atoms with Crippen molar-refractivity contribution in [3.05, 3.63) is 55.9 Å². The van der Waals surface area contributed by atoms with Crippen LogP contribution in [0.4, 0.5) is 4.79 Å². The summed E-state index contributed by atoms with van der Waals surface area (Å²) in [5.74, 6) is -2.16. The van der Waals surface area contributed by atoms with E-state index in [1.54, 1.807) is 11.4 Å². The second-order valence-corrected chi connectivity index (χ2v) is 19.4. The highest BCUT2D eigenvalue weighted by atomic mass is 32.1. The average Bonchev–Trinajstić information content (AvgIpc) is 3.86. The van der Waals surface area contributed by atoms with E-state index in [-0.39, 0.29) is 80.0 Å². The van der Waals surface area contributed by atoms with Gasteiger partial charge in [0.2, 0.25) is 17.7 Å². The Bertz CT molecular complexity index is 2040. The fourth-order valence-corrected chi connectivity index (χ4v) is 9.67. The third kappa shape index (κ3) is 18.8. The minimum Gasteiger partial charge on any atom is -0.508 e. The summed E-state index contributed by atoms with van der Waals surface area (Å²) in [5.41, 5.74) is 14.4. The van der Waals surface area contributed by atoms with Crippen LogP contribution in [0.15, 0.2) is 28.7 Å². The number of azide groups is 1. The second-order valence-electron chi connectivity index (χ2n) is 18.5. The number of hydrogen-bond donors (Lipinski definition) is 5. The van der Waals surface area contributed by atoms with Gasteiger partial charge in [-0.3, -0.25) is 29.5 Å². The molecule has 0 bridgehead atoms. The summed E-state index contributed by atoms with van der Waals surface area (Å²) < 4.78 is 27.6. The second kappa shape index (κ2) is 31.4. The molecule has 22 heteroatoms. The summed E-state index contributed by atoms with van der Waals surface area (Å²) in [5, 5.41) is 22.3. The van der Waals surface area contributed by atoms with E-state index in [2.05, 4.69) is 50.3 Å². The lowest BCUT2D eigenvalue weighted by Crippen LogP contribution is -2.58. The van der Waals surface area contributed by atoms with Crippen LogP contribution in [0.1, 0.15) is 132 Å². The van der Waals surface area contributed by atoms with Gasteiger partial charge in [0, 0.05) is 48.5 Å². The molecular formula is C49H78N10O11S. The van der Waals surface area contributed by atoms with Crippen LogP contribution in [-0.4, -0.2) is 153 Å². The molecule has 1 aliphatic heterocycles. The Labute approximate surface area is 422 Å². The van der Waals surface area contributed by atoms with Crippen molar-refractivity contribution in [2.75, 3.05) is 79.5 Å². The van der Waals surface area contributed by atoms with Crippen LogP contribution >= 0.6 is 11.3 Å². The Morgan fingerprint density at radius 3 is 2.34 bits per heavy atom. The van der Waals surface area contributed by atoms with Crippen molar-refractivity contribution >= 4 is 41.1 Å². The number of phenols is 1. The number of phenolic OH excluding ortho intramolecular Hbond substituents is 1. The van der Waals surface area contributed by atoms with Gasteiger partial charge >= 0.3 is 6.09 Å². The highest BCUT2D eigenvalue weighted by Gasteiger charge is 2.39. The molecule has 21 nitrogen and oxygen atoms in total. The number of hydrazine groups is 1. The van der Waals surface area contributed by atoms with Gasteiger partial charge in [0.25, 0.3) is 5.91 Å². The molecule has 2 heterocycles. The molecule has 1 fully saturated rings. The fraction of sp³-hybridized carbons (Fsp3) is 0.714. The summed E-state index contributed by atoms with van der Waals surface area (Å²) in [6, 6.07) is 3.01. The molecule has 71 heavy (non-hydrogen) atoms. The third-order valence-electron chi connectivity index (χ3n) is 12.8. The molecule has 4 rings (SSSR count). The van der Waals surface area contributed by atoms with Crippen LogP contribution in [0.3, 0.4) is 0 Å². The number of aromatic nitrogens is 1. The van der Waals surface area contributed by atoms with Crippen molar-refractivity contribution in [2.45, 2.75) is 136 Å². The first kappa shape index (κ1) is 58.5. The van der Waals surface area contributed by atoms with Crippen LogP contribution in [0.5, 0.6) is 5.75 Å². The lowest BCUT2D eigenvalue weighted by molar-refractivity contribution is -0.143. The van der Waals surface area contributed by atoms with Crippen LogP contribution in [0.25, 0.3) is 10.4 Å². The van der Waals surface area contributed by atoms with Crippen LogP contribution in [-0.2, 0) is 44.5 Å². The first-order chi connectivity index (χ1) is 34.2. The summed E-state index contributed by atoms with van der Waals surface area (Å²) in [6.45, 7) is 15.9. The maximum Gasteiger partial charge on any atom is 0.426 e. The summed E-state index contributed by atoms with van der Waals surface area (Å²) in [4.78, 5) is 79.9. The molecule has 1 unspecified atom stereocenters. The number of fused-ring (bicyclic) bond motifs is 1. The maximum atomic E-state index is 14.8. The van der Waals surface area contributed by atoms with Gasteiger partial charge in [-0.2, -0.15) is 0 Å². The zero-order valence-electron chi connectivity index (χ0n) is 42.7. The normalized spacial score (nSPS) is 18.5. The first-order valence-electron chi connectivity index (χ1n) is 25.2. The molecule has 0 saturated carbocycles. The molecule has 1 aromatic carbocycles. The number of hydrogen-bond acceptors (Lipinski definition) is 15. The number of ether oxygens (including phenoxy) is 5. The topological polar surface area (TPSA) is 268 Å². The molecule has 0 radical (unpaired) electrons. The maximum absolute atomic E-state index is 14.8. The quantitative estimate of drug-likeness (QED) is 0.0200. The zero-order chi connectivity index (χ0) is 51.7. The number of likely N-dealkylation sites (N-methyl/N-ethyl adjacent to an activating group) is 1. The van der Waals surface area contributed by atoms with Crippen LogP contribution in [0.2, 0.25) is 0 Å². The monoisotopic (exact) mass is 1010 g/mol. The van der Waals surface area contributed by atoms with E-state index in [1.165, 1.54) is 23.5 Å². The van der Waals surface area contributed by atoms with Crippen molar-refractivity contribution in [3.8, 4) is 5.75 Å². The SMILES string of the molecule is CCCO[C@H](C[C@H](C(C)C)N(CCC)C(=O)[C@@H](NC(=O)[C@H]1CCCCN1C)[C@@H](C)CC)c1nc(C(=O)NC2Cc3ccc(O)cc3[C@H](C(=O)NNC(=O)OCCOCCOCCOCCN=[N+]=[N-])C2)cs1. The van der Waals surface area contributed by atoms with Gasteiger partial charge < -0.3 is 44.3 Å². The number of nitrogens with one attached hydrogen (secondary N) is 4. The van der Waals surface area contributed by atoms with Crippen molar-refractivity contribution in [2.24, 2.45) is 17.0 Å². The van der Waals surface area contributed by atoms with Crippen molar-refractivity contribution in [1.82, 2.24) is 36.3 Å². The van der Waals surface area contributed by atoms with Gasteiger partial charge in [-0.25, -0.2) is 15.2 Å². The molecule has 5 amide bonds. The van der Waals surface area contributed by atoms with Gasteiger partial charge in [0.15, 0.2) is 0 Å². The summed E-state index contributed by atoms with van der Waals surface area (Å²) in [7, 11) is 1.97. The molecule has 1 saturated heterocycles. The van der Waals surface area contributed by atoms with Crippen LogP contribution < -0.4 is 21.5 Å². The molecular weight excluding hydrogens is 937 g/mol. The molecule has 2 aromatic rings. The zero-order valence-corrected chi connectivity index (χ0v) is 43.5. The van der Waals surface area contributed by atoms with E-state index in [0.717, 1.165) is 44.2 Å². The minimum atomic E-state index is -0.903. The summed E-state index contributed by atoms with van der Waals surface area (Å²) >= 11 is 1.31. The fourth-order valence-electron chi connectivity index (χ4n) is 8.81. The number of carbonyl (C=O) groups is 5. The van der Waals surface area contributed by atoms with Crippen molar-refractivity contribution in [3.63, 3.8) is 0 Å². The Morgan fingerprint density at radius 2 is 1.68 bits per heavy atom. The van der Waals surface area contributed by atoms with Gasteiger partial charge in [0.1, 0.15) is 35.2 Å². The number of amides is 5.